The number of likely N-dealkylation sites (tertiary alicyclic amines) is 1. The highest BCUT2D eigenvalue weighted by Gasteiger charge is 2.56. The number of rotatable bonds is 8. The minimum Gasteiger partial charge on any atom is -0.465 e. The maximum Gasteiger partial charge on any atom is 0.408 e. The van der Waals surface area contributed by atoms with Gasteiger partial charge in [-0.2, -0.15) is 0 Å². The Morgan fingerprint density at radius 3 is 2.16 bits per heavy atom. The minimum absolute atomic E-state index is 0.00662. The van der Waals surface area contributed by atoms with Crippen molar-refractivity contribution in [3.63, 3.8) is 0 Å². The molecule has 1 aliphatic heterocycles. The molecule has 7 nitrogen and oxygen atoms in total. The third-order valence-corrected chi connectivity index (χ3v) is 10.4. The molecule has 1 unspecified atom stereocenters. The number of amides is 3. The van der Waals surface area contributed by atoms with E-state index in [9.17, 15) is 27.9 Å². The first-order valence-corrected chi connectivity index (χ1v) is 16.6. The summed E-state index contributed by atoms with van der Waals surface area (Å²) in [5, 5.41) is 13.4. The number of halogens is 4. The molecule has 1 heterocycles. The zero-order valence-electron chi connectivity index (χ0n) is 26.3. The lowest BCUT2D eigenvalue weighted by atomic mass is 9.79. The van der Waals surface area contributed by atoms with Crippen molar-refractivity contribution in [3.05, 3.63) is 125 Å². The van der Waals surface area contributed by atoms with Crippen LogP contribution in [0.3, 0.4) is 0 Å². The fraction of sp³-hybridized carbons (Fsp3) is 0.289. The van der Waals surface area contributed by atoms with Crippen LogP contribution in [0.2, 0.25) is 5.02 Å². The monoisotopic (exact) mass is 687 g/mol. The fourth-order valence-corrected chi connectivity index (χ4v) is 8.11. The zero-order valence-corrected chi connectivity index (χ0v) is 27.0. The number of anilines is 1. The molecular formula is C38H33ClF3N3O4. The Morgan fingerprint density at radius 2 is 1.55 bits per heavy atom. The number of hydrogen-bond donors (Lipinski definition) is 2. The van der Waals surface area contributed by atoms with Gasteiger partial charge >= 0.3 is 6.09 Å². The highest BCUT2D eigenvalue weighted by atomic mass is 35.5. The van der Waals surface area contributed by atoms with Gasteiger partial charge < -0.3 is 10.4 Å². The molecule has 4 aromatic rings. The maximum absolute atomic E-state index is 15.6. The molecule has 4 aromatic carbocycles. The van der Waals surface area contributed by atoms with Gasteiger partial charge in [-0.25, -0.2) is 18.0 Å². The quantitative estimate of drug-likeness (QED) is 0.196. The van der Waals surface area contributed by atoms with Gasteiger partial charge in [0, 0.05) is 47.6 Å². The van der Waals surface area contributed by atoms with Crippen molar-refractivity contribution in [2.75, 3.05) is 11.4 Å². The molecular weight excluding hydrogens is 655 g/mol. The van der Waals surface area contributed by atoms with Crippen molar-refractivity contribution in [2.45, 2.75) is 61.6 Å². The van der Waals surface area contributed by atoms with E-state index in [2.05, 4.69) is 5.32 Å². The molecule has 1 saturated carbocycles. The number of carboxylic acid groups (broad SMARTS) is 1. The van der Waals surface area contributed by atoms with Crippen molar-refractivity contribution >= 4 is 35.2 Å². The van der Waals surface area contributed by atoms with Gasteiger partial charge in [-0.05, 0) is 65.8 Å². The van der Waals surface area contributed by atoms with Crippen LogP contribution in [0.15, 0.2) is 97.1 Å². The Bertz CT molecular complexity index is 1900. The van der Waals surface area contributed by atoms with Gasteiger partial charge in [0.25, 0.3) is 11.8 Å². The van der Waals surface area contributed by atoms with Crippen LogP contribution >= 0.6 is 11.6 Å². The van der Waals surface area contributed by atoms with Gasteiger partial charge in [-0.1, -0.05) is 84.4 Å². The van der Waals surface area contributed by atoms with Crippen LogP contribution in [0.5, 0.6) is 0 Å². The number of carbonyl (C=O) groups excluding carboxylic acids is 2. The summed E-state index contributed by atoms with van der Waals surface area (Å²) >= 11 is 6.67. The molecule has 0 aromatic heterocycles. The third-order valence-electron chi connectivity index (χ3n) is 10.1. The number of alkyl halides is 2. The largest absolute Gasteiger partial charge is 0.465 e. The molecule has 7 rings (SSSR count). The first-order valence-electron chi connectivity index (χ1n) is 16.2. The van der Waals surface area contributed by atoms with E-state index >= 15 is 4.79 Å². The Kier molecular flexibility index (Phi) is 8.39. The molecule has 11 heteroatoms. The summed E-state index contributed by atoms with van der Waals surface area (Å²) in [5.74, 6) is -5.53. The lowest BCUT2D eigenvalue weighted by molar-refractivity contribution is -0.135. The summed E-state index contributed by atoms with van der Waals surface area (Å²) in [4.78, 5) is 45.1. The van der Waals surface area contributed by atoms with Gasteiger partial charge in [0.05, 0.1) is 0 Å². The molecule has 49 heavy (non-hydrogen) atoms. The second kappa shape index (κ2) is 12.6. The van der Waals surface area contributed by atoms with E-state index in [1.54, 1.807) is 18.2 Å². The van der Waals surface area contributed by atoms with Crippen molar-refractivity contribution in [3.8, 4) is 11.1 Å². The highest BCUT2D eigenvalue weighted by molar-refractivity contribution is 6.31. The smallest absolute Gasteiger partial charge is 0.408 e. The number of hydrogen-bond acceptors (Lipinski definition) is 3. The first kappa shape index (κ1) is 32.7. The van der Waals surface area contributed by atoms with Crippen LogP contribution in [0.1, 0.15) is 60.8 Å². The second-order valence-electron chi connectivity index (χ2n) is 13.0. The molecule has 2 atom stereocenters. The SMILES string of the molecule is O=C(NC1CC(F)(F)C1)[C@@H](c1ccccc1Cl)N(C(=O)C1(CC2c3ccccc3-c3ccccc32)CCCN1C(=O)O)c1cccc(F)c1. The Morgan fingerprint density at radius 1 is 0.918 bits per heavy atom. The topological polar surface area (TPSA) is 90.0 Å². The van der Waals surface area contributed by atoms with Gasteiger partial charge in [0.15, 0.2) is 0 Å². The van der Waals surface area contributed by atoms with Crippen LogP contribution in [0.4, 0.5) is 23.7 Å². The molecule has 0 spiro atoms. The summed E-state index contributed by atoms with van der Waals surface area (Å²) in [6, 6.07) is 24.6. The van der Waals surface area contributed by atoms with E-state index in [0.29, 0.717) is 6.42 Å². The predicted molar refractivity (Wildman–Crippen MR) is 179 cm³/mol. The summed E-state index contributed by atoms with van der Waals surface area (Å²) in [7, 11) is 0. The van der Waals surface area contributed by atoms with E-state index in [1.807, 2.05) is 48.5 Å². The number of carbonyl (C=O) groups is 3. The first-order chi connectivity index (χ1) is 23.5. The average Bonchev–Trinajstić information content (AvgIpc) is 3.63. The summed E-state index contributed by atoms with van der Waals surface area (Å²) in [6.07, 6.45) is -1.90. The van der Waals surface area contributed by atoms with Crippen LogP contribution in [0, 0.1) is 5.82 Å². The van der Waals surface area contributed by atoms with E-state index in [4.69, 9.17) is 11.6 Å². The Labute approximate surface area is 286 Å². The van der Waals surface area contributed by atoms with Crippen LogP contribution in [0.25, 0.3) is 11.1 Å². The predicted octanol–water partition coefficient (Wildman–Crippen LogP) is 8.18. The second-order valence-corrected chi connectivity index (χ2v) is 13.5. The molecule has 2 N–H and O–H groups in total. The number of nitrogens with zero attached hydrogens (tertiary/aromatic N) is 2. The van der Waals surface area contributed by atoms with E-state index < -0.39 is 60.1 Å². The highest BCUT2D eigenvalue weighted by Crippen LogP contribution is 2.51. The molecule has 3 aliphatic rings. The van der Waals surface area contributed by atoms with Crippen LogP contribution < -0.4 is 10.2 Å². The Hall–Kier alpha value is -4.83. The molecule has 0 radical (unpaired) electrons. The van der Waals surface area contributed by atoms with Crippen molar-refractivity contribution < 1.29 is 32.7 Å². The Balaban J connectivity index is 1.39. The van der Waals surface area contributed by atoms with Crippen LogP contribution in [-0.4, -0.2) is 52.0 Å². The molecule has 1 saturated heterocycles. The summed E-state index contributed by atoms with van der Waals surface area (Å²) < 4.78 is 42.7. The van der Waals surface area contributed by atoms with E-state index in [1.165, 1.54) is 24.3 Å². The zero-order chi connectivity index (χ0) is 34.5. The number of nitrogens with one attached hydrogen (secondary N) is 1. The summed E-state index contributed by atoms with van der Waals surface area (Å²) in [5.41, 5.74) is 2.33. The summed E-state index contributed by atoms with van der Waals surface area (Å²) in [6.45, 7) is 0.0637. The van der Waals surface area contributed by atoms with Gasteiger partial charge in [0.2, 0.25) is 5.91 Å². The van der Waals surface area contributed by atoms with Crippen molar-refractivity contribution in [2.24, 2.45) is 0 Å². The fourth-order valence-electron chi connectivity index (χ4n) is 7.87. The van der Waals surface area contributed by atoms with E-state index in [0.717, 1.165) is 38.1 Å². The minimum atomic E-state index is -2.93. The van der Waals surface area contributed by atoms with E-state index in [-0.39, 0.29) is 41.6 Å². The third kappa shape index (κ3) is 5.82. The number of fused-ring (bicyclic) bond motifs is 3. The molecule has 3 amide bonds. The van der Waals surface area contributed by atoms with Crippen molar-refractivity contribution in [1.29, 1.82) is 0 Å². The van der Waals surface area contributed by atoms with Gasteiger partial charge in [0.1, 0.15) is 17.4 Å². The lowest BCUT2D eigenvalue weighted by Gasteiger charge is -2.44. The van der Waals surface area contributed by atoms with Gasteiger partial charge in [-0.15, -0.1) is 0 Å². The standard InChI is InChI=1S/C38H33ClF3N3O4/c39-32-16-6-5-15-30(32)33(34(46)43-24-20-38(41,42)21-24)45(25-10-7-9-23(40)19-25)35(47)37(17-8-18-44(37)36(48)49)22-31-28-13-3-1-11-26(28)27-12-2-4-14-29(27)31/h1-7,9-16,19,24,31,33H,8,17-18,20-22H2,(H,43,46)(H,48,49)/t33-,37?/m1/s1. The normalized spacial score (nSPS) is 20.2. The lowest BCUT2D eigenvalue weighted by Crippen LogP contribution is -2.61. The average molecular weight is 688 g/mol. The molecule has 2 aliphatic carbocycles. The molecule has 2 fully saturated rings. The number of benzene rings is 4. The maximum atomic E-state index is 15.6. The molecule has 252 valence electrons. The molecule has 0 bridgehead atoms. The van der Waals surface area contributed by atoms with Crippen LogP contribution in [-0.2, 0) is 9.59 Å². The van der Waals surface area contributed by atoms with Crippen molar-refractivity contribution in [1.82, 2.24) is 10.2 Å². The van der Waals surface area contributed by atoms with Gasteiger partial charge in [-0.3, -0.25) is 19.4 Å².